The lowest BCUT2D eigenvalue weighted by atomic mass is 10.0. The smallest absolute Gasteiger partial charge is 0.336 e. The molecule has 0 radical (unpaired) electrons. The van der Waals surface area contributed by atoms with E-state index in [1.165, 1.54) is 6.07 Å². The lowest BCUT2D eigenvalue weighted by Crippen LogP contribution is -2.21. The summed E-state index contributed by atoms with van der Waals surface area (Å²) in [5, 5.41) is 11.9. The van der Waals surface area contributed by atoms with E-state index in [2.05, 4.69) is 5.32 Å². The van der Waals surface area contributed by atoms with Crippen molar-refractivity contribution in [3.05, 3.63) is 58.1 Å². The normalized spacial score (nSPS) is 10.3. The van der Waals surface area contributed by atoms with Gasteiger partial charge in [-0.15, -0.1) is 0 Å². The van der Waals surface area contributed by atoms with Crippen LogP contribution in [0.1, 0.15) is 32.6 Å². The Balaban J connectivity index is 2.08. The van der Waals surface area contributed by atoms with Crippen LogP contribution in [0.3, 0.4) is 0 Å². The van der Waals surface area contributed by atoms with E-state index in [4.69, 9.17) is 4.74 Å². The molecule has 0 fully saturated rings. The summed E-state index contributed by atoms with van der Waals surface area (Å²) in [5.74, 6) is -0.689. The van der Waals surface area contributed by atoms with Crippen LogP contribution in [0.2, 0.25) is 0 Å². The number of ether oxygens (including phenoxy) is 1. The van der Waals surface area contributed by atoms with Gasteiger partial charge in [-0.3, -0.25) is 4.79 Å². The number of rotatable bonds is 5. The number of amides is 1. The van der Waals surface area contributed by atoms with Crippen LogP contribution < -0.4 is 10.1 Å². The van der Waals surface area contributed by atoms with Gasteiger partial charge in [0, 0.05) is 5.69 Å². The lowest BCUT2D eigenvalue weighted by molar-refractivity contribution is -0.118. The summed E-state index contributed by atoms with van der Waals surface area (Å²) in [6.07, 6.45) is 0. The van der Waals surface area contributed by atoms with Crippen molar-refractivity contribution in [1.29, 1.82) is 0 Å². The summed E-state index contributed by atoms with van der Waals surface area (Å²) >= 11 is 0. The third-order valence-electron chi connectivity index (χ3n) is 3.78. The molecule has 2 aromatic carbocycles. The fourth-order valence-corrected chi connectivity index (χ4v) is 2.41. The number of aryl methyl sites for hydroxylation is 4. The molecule has 2 aromatic rings. The minimum absolute atomic E-state index is 0.139. The highest BCUT2D eigenvalue weighted by Gasteiger charge is 2.13. The molecule has 5 nitrogen and oxygen atoms in total. The van der Waals surface area contributed by atoms with Crippen molar-refractivity contribution < 1.29 is 19.4 Å². The van der Waals surface area contributed by atoms with Gasteiger partial charge in [0.2, 0.25) is 0 Å². The van der Waals surface area contributed by atoms with Crippen LogP contribution in [0.25, 0.3) is 0 Å². The number of anilines is 1. The van der Waals surface area contributed by atoms with Crippen molar-refractivity contribution in [3.63, 3.8) is 0 Å². The Morgan fingerprint density at radius 2 is 1.71 bits per heavy atom. The summed E-state index contributed by atoms with van der Waals surface area (Å²) in [6.45, 7) is 7.27. The fraction of sp³-hybridized carbons (Fsp3) is 0.263. The number of carboxylic acid groups (broad SMARTS) is 1. The number of carboxylic acids is 1. The molecule has 5 heteroatoms. The van der Waals surface area contributed by atoms with Crippen molar-refractivity contribution in [1.82, 2.24) is 0 Å². The molecule has 0 unspecified atom stereocenters. The topological polar surface area (TPSA) is 75.6 Å². The molecule has 0 aliphatic rings. The molecule has 0 aliphatic heterocycles. The van der Waals surface area contributed by atoms with Crippen molar-refractivity contribution in [3.8, 4) is 5.75 Å². The molecule has 0 saturated heterocycles. The highest BCUT2D eigenvalue weighted by atomic mass is 16.5. The van der Waals surface area contributed by atoms with Crippen LogP contribution in [0.15, 0.2) is 30.3 Å². The molecule has 0 saturated carbocycles. The molecular weight excluding hydrogens is 306 g/mol. The Morgan fingerprint density at radius 1 is 1.00 bits per heavy atom. The van der Waals surface area contributed by atoms with E-state index < -0.39 is 5.97 Å². The van der Waals surface area contributed by atoms with Crippen LogP contribution >= 0.6 is 0 Å². The standard InChI is InChI=1S/C19H21NO4/c1-11-5-6-12(2)17(7-11)24-10-18(21)20-16-9-15(19(22)23)13(3)8-14(16)4/h5-9H,10H2,1-4H3,(H,20,21)(H,22,23). The van der Waals surface area contributed by atoms with Gasteiger partial charge in [0.15, 0.2) is 6.61 Å². The number of carbonyl (C=O) groups is 2. The molecule has 126 valence electrons. The zero-order valence-electron chi connectivity index (χ0n) is 14.3. The van der Waals surface area contributed by atoms with E-state index in [0.717, 1.165) is 16.7 Å². The van der Waals surface area contributed by atoms with Gasteiger partial charge >= 0.3 is 5.97 Å². The maximum Gasteiger partial charge on any atom is 0.336 e. The third-order valence-corrected chi connectivity index (χ3v) is 3.78. The van der Waals surface area contributed by atoms with Crippen LogP contribution in [-0.2, 0) is 4.79 Å². The molecule has 0 heterocycles. The predicted molar refractivity (Wildman–Crippen MR) is 92.9 cm³/mol. The molecule has 0 spiro atoms. The molecule has 0 aromatic heterocycles. The summed E-state index contributed by atoms with van der Waals surface area (Å²) < 4.78 is 5.56. The van der Waals surface area contributed by atoms with Crippen LogP contribution in [0, 0.1) is 27.7 Å². The van der Waals surface area contributed by atoms with Crippen molar-refractivity contribution in [2.45, 2.75) is 27.7 Å². The van der Waals surface area contributed by atoms with E-state index in [1.807, 2.05) is 39.0 Å². The Kier molecular flexibility index (Phi) is 5.24. The summed E-state index contributed by atoms with van der Waals surface area (Å²) in [6, 6.07) is 9.01. The average molecular weight is 327 g/mol. The second-order valence-electron chi connectivity index (χ2n) is 5.89. The number of hydrogen-bond donors (Lipinski definition) is 2. The Labute approximate surface area is 141 Å². The minimum Gasteiger partial charge on any atom is -0.483 e. The molecule has 0 bridgehead atoms. The molecule has 24 heavy (non-hydrogen) atoms. The minimum atomic E-state index is -1.02. The molecule has 1 amide bonds. The first-order valence-corrected chi connectivity index (χ1v) is 7.62. The monoisotopic (exact) mass is 327 g/mol. The number of nitrogens with one attached hydrogen (secondary N) is 1. The van der Waals surface area contributed by atoms with Crippen molar-refractivity contribution in [2.75, 3.05) is 11.9 Å². The lowest BCUT2D eigenvalue weighted by Gasteiger charge is -2.13. The first-order valence-electron chi connectivity index (χ1n) is 7.62. The van der Waals surface area contributed by atoms with Crippen molar-refractivity contribution >= 4 is 17.6 Å². The quantitative estimate of drug-likeness (QED) is 0.879. The molecular formula is C19H21NO4. The maximum absolute atomic E-state index is 12.1. The number of benzene rings is 2. The maximum atomic E-state index is 12.1. The molecule has 2 N–H and O–H groups in total. The largest absolute Gasteiger partial charge is 0.483 e. The summed E-state index contributed by atoms with van der Waals surface area (Å²) in [5.41, 5.74) is 4.12. The Hall–Kier alpha value is -2.82. The Bertz CT molecular complexity index is 796. The van der Waals surface area contributed by atoms with Gasteiger partial charge in [0.1, 0.15) is 5.75 Å². The van der Waals surface area contributed by atoms with Gasteiger partial charge in [-0.25, -0.2) is 4.79 Å². The first-order chi connectivity index (χ1) is 11.3. The fourth-order valence-electron chi connectivity index (χ4n) is 2.41. The highest BCUT2D eigenvalue weighted by Crippen LogP contribution is 2.22. The van der Waals surface area contributed by atoms with Crippen molar-refractivity contribution in [2.24, 2.45) is 0 Å². The van der Waals surface area contributed by atoms with E-state index in [9.17, 15) is 14.7 Å². The number of hydrogen-bond acceptors (Lipinski definition) is 3. The van der Waals surface area contributed by atoms with E-state index in [-0.39, 0.29) is 18.1 Å². The third kappa shape index (κ3) is 4.13. The SMILES string of the molecule is Cc1ccc(C)c(OCC(=O)Nc2cc(C(=O)O)c(C)cc2C)c1. The van der Waals surface area contributed by atoms with Crippen LogP contribution in [0.5, 0.6) is 5.75 Å². The van der Waals surface area contributed by atoms with Gasteiger partial charge in [-0.1, -0.05) is 18.2 Å². The van der Waals surface area contributed by atoms with Crippen LogP contribution in [-0.4, -0.2) is 23.6 Å². The van der Waals surface area contributed by atoms with Gasteiger partial charge < -0.3 is 15.2 Å². The van der Waals surface area contributed by atoms with Crippen LogP contribution in [0.4, 0.5) is 5.69 Å². The average Bonchev–Trinajstić information content (AvgIpc) is 2.50. The zero-order chi connectivity index (χ0) is 17.9. The number of aromatic carboxylic acids is 1. The number of carbonyl (C=O) groups excluding carboxylic acids is 1. The van der Waals surface area contributed by atoms with Gasteiger partial charge in [0.25, 0.3) is 5.91 Å². The second kappa shape index (κ2) is 7.17. The molecule has 2 rings (SSSR count). The summed E-state index contributed by atoms with van der Waals surface area (Å²) in [4.78, 5) is 23.3. The second-order valence-corrected chi connectivity index (χ2v) is 5.89. The first kappa shape index (κ1) is 17.5. The Morgan fingerprint density at radius 3 is 2.38 bits per heavy atom. The highest BCUT2D eigenvalue weighted by molar-refractivity contribution is 5.96. The van der Waals surface area contributed by atoms with E-state index in [0.29, 0.717) is 17.0 Å². The van der Waals surface area contributed by atoms with E-state index in [1.54, 1.807) is 13.0 Å². The zero-order valence-corrected chi connectivity index (χ0v) is 14.3. The predicted octanol–water partition coefficient (Wildman–Crippen LogP) is 3.64. The molecule has 0 atom stereocenters. The van der Waals surface area contributed by atoms with Gasteiger partial charge in [0.05, 0.1) is 5.56 Å². The van der Waals surface area contributed by atoms with Gasteiger partial charge in [-0.2, -0.15) is 0 Å². The molecule has 0 aliphatic carbocycles. The van der Waals surface area contributed by atoms with E-state index >= 15 is 0 Å². The van der Waals surface area contributed by atoms with Gasteiger partial charge in [-0.05, 0) is 62.1 Å². The summed E-state index contributed by atoms with van der Waals surface area (Å²) in [7, 11) is 0.